The molecular formula is C28H33N5OS. The lowest BCUT2D eigenvalue weighted by molar-refractivity contribution is -0.120. The lowest BCUT2D eigenvalue weighted by Crippen LogP contribution is -2.27. The van der Waals surface area contributed by atoms with E-state index in [-0.39, 0.29) is 5.91 Å². The molecule has 4 aromatic rings. The van der Waals surface area contributed by atoms with Crippen molar-refractivity contribution in [1.82, 2.24) is 25.1 Å². The van der Waals surface area contributed by atoms with Crippen LogP contribution in [0.2, 0.25) is 0 Å². The zero-order chi connectivity index (χ0) is 24.8. The molecule has 2 heterocycles. The first-order valence-electron chi connectivity index (χ1n) is 12.1. The number of nitrogens with zero attached hydrogens (tertiary/aromatic N) is 4. The van der Waals surface area contributed by atoms with E-state index in [1.165, 1.54) is 0 Å². The van der Waals surface area contributed by atoms with Gasteiger partial charge in [-0.15, -0.1) is 10.2 Å². The molecule has 0 saturated heterocycles. The van der Waals surface area contributed by atoms with E-state index >= 15 is 0 Å². The molecule has 0 radical (unpaired) electrons. The molecule has 0 aliphatic heterocycles. The molecule has 0 atom stereocenters. The van der Waals surface area contributed by atoms with Crippen LogP contribution in [0.3, 0.4) is 0 Å². The number of fused-ring (bicyclic) bond motifs is 1. The Morgan fingerprint density at radius 1 is 1.06 bits per heavy atom. The van der Waals surface area contributed by atoms with Crippen molar-refractivity contribution < 1.29 is 4.79 Å². The summed E-state index contributed by atoms with van der Waals surface area (Å²) >= 11 is 1.62. The van der Waals surface area contributed by atoms with Gasteiger partial charge < -0.3 is 9.88 Å². The standard InChI is InChI=1S/C28H33N5OS/c1-19(2)18-33-25(31-32-28(33)35-4)15-10-16-29-26(34)17-23-20(3)30-24-14-9-8-13-22(24)27(23)21-11-6-5-7-12-21/h5-9,11-14,19H,10,15-18H2,1-4H3,(H,29,34). The van der Waals surface area contributed by atoms with Crippen molar-refractivity contribution in [2.45, 2.75) is 51.7 Å². The second-order valence-electron chi connectivity index (χ2n) is 9.17. The Morgan fingerprint density at radius 3 is 2.54 bits per heavy atom. The maximum absolute atomic E-state index is 13.0. The molecule has 7 heteroatoms. The Balaban J connectivity index is 1.46. The number of nitrogens with one attached hydrogen (secondary N) is 1. The van der Waals surface area contributed by atoms with Crippen molar-refractivity contribution in [3.05, 3.63) is 71.7 Å². The molecule has 0 fully saturated rings. The quantitative estimate of drug-likeness (QED) is 0.237. The SMILES string of the molecule is CSc1nnc(CCCNC(=O)Cc2c(C)nc3ccccc3c2-c2ccccc2)n1CC(C)C. The first-order valence-corrected chi connectivity index (χ1v) is 13.4. The molecule has 0 unspecified atom stereocenters. The Kier molecular flexibility index (Phi) is 8.18. The summed E-state index contributed by atoms with van der Waals surface area (Å²) in [6.45, 7) is 7.89. The lowest BCUT2D eigenvalue weighted by Gasteiger charge is -2.16. The normalized spacial score (nSPS) is 11.3. The van der Waals surface area contributed by atoms with Gasteiger partial charge in [0.25, 0.3) is 0 Å². The first-order chi connectivity index (χ1) is 17.0. The van der Waals surface area contributed by atoms with Crippen LogP contribution in [-0.2, 0) is 24.2 Å². The molecule has 35 heavy (non-hydrogen) atoms. The molecule has 0 aliphatic carbocycles. The number of aromatic nitrogens is 4. The highest BCUT2D eigenvalue weighted by Crippen LogP contribution is 2.33. The van der Waals surface area contributed by atoms with E-state index in [0.717, 1.165) is 63.7 Å². The smallest absolute Gasteiger partial charge is 0.224 e. The van der Waals surface area contributed by atoms with E-state index in [1.807, 2.05) is 49.6 Å². The van der Waals surface area contributed by atoms with E-state index in [9.17, 15) is 4.79 Å². The van der Waals surface area contributed by atoms with Gasteiger partial charge in [-0.05, 0) is 48.3 Å². The third-order valence-electron chi connectivity index (χ3n) is 6.02. The molecule has 6 nitrogen and oxygen atoms in total. The van der Waals surface area contributed by atoms with Crippen LogP contribution in [0, 0.1) is 12.8 Å². The number of thioether (sulfide) groups is 1. The second kappa shape index (κ2) is 11.5. The topological polar surface area (TPSA) is 72.7 Å². The molecular weight excluding hydrogens is 454 g/mol. The predicted molar refractivity (Wildman–Crippen MR) is 144 cm³/mol. The van der Waals surface area contributed by atoms with E-state index in [4.69, 9.17) is 4.98 Å². The monoisotopic (exact) mass is 487 g/mol. The predicted octanol–water partition coefficient (Wildman–Crippen LogP) is 5.47. The van der Waals surface area contributed by atoms with Crippen molar-refractivity contribution in [2.75, 3.05) is 12.8 Å². The van der Waals surface area contributed by atoms with Crippen LogP contribution >= 0.6 is 11.8 Å². The van der Waals surface area contributed by atoms with Crippen molar-refractivity contribution in [3.63, 3.8) is 0 Å². The van der Waals surface area contributed by atoms with Gasteiger partial charge in [0.1, 0.15) is 5.82 Å². The van der Waals surface area contributed by atoms with Gasteiger partial charge in [0, 0.05) is 30.6 Å². The van der Waals surface area contributed by atoms with Crippen molar-refractivity contribution >= 4 is 28.6 Å². The van der Waals surface area contributed by atoms with Crippen molar-refractivity contribution in [3.8, 4) is 11.1 Å². The van der Waals surface area contributed by atoms with Crippen molar-refractivity contribution in [2.24, 2.45) is 5.92 Å². The van der Waals surface area contributed by atoms with E-state index in [0.29, 0.717) is 18.9 Å². The molecule has 0 aliphatic rings. The van der Waals surface area contributed by atoms with Gasteiger partial charge in [0.15, 0.2) is 5.16 Å². The van der Waals surface area contributed by atoms with Crippen molar-refractivity contribution in [1.29, 1.82) is 0 Å². The number of benzene rings is 2. The second-order valence-corrected chi connectivity index (χ2v) is 9.94. The van der Waals surface area contributed by atoms with Gasteiger partial charge in [-0.25, -0.2) is 0 Å². The van der Waals surface area contributed by atoms with Gasteiger partial charge >= 0.3 is 0 Å². The molecule has 2 aromatic heterocycles. The minimum absolute atomic E-state index is 0.0100. The van der Waals surface area contributed by atoms with Crippen LogP contribution < -0.4 is 5.32 Å². The number of rotatable bonds is 10. The average Bonchev–Trinajstić information content (AvgIpc) is 3.23. The fourth-order valence-electron chi connectivity index (χ4n) is 4.43. The Bertz CT molecular complexity index is 1300. The number of aryl methyl sites for hydroxylation is 2. The van der Waals surface area contributed by atoms with Crippen LogP contribution in [0.1, 0.15) is 37.4 Å². The Hall–Kier alpha value is -3.19. The van der Waals surface area contributed by atoms with Gasteiger partial charge in [-0.1, -0.05) is 74.1 Å². The summed E-state index contributed by atoms with van der Waals surface area (Å²) in [6, 6.07) is 18.4. The fourth-order valence-corrected chi connectivity index (χ4v) is 4.95. The first kappa shape index (κ1) is 24.9. The summed E-state index contributed by atoms with van der Waals surface area (Å²) in [7, 11) is 0. The van der Waals surface area contributed by atoms with Crippen LogP contribution in [-0.4, -0.2) is 38.5 Å². The molecule has 0 spiro atoms. The zero-order valence-corrected chi connectivity index (χ0v) is 21.7. The number of carbonyl (C=O) groups excluding carboxylic acids is 1. The highest BCUT2D eigenvalue weighted by atomic mass is 32.2. The average molecular weight is 488 g/mol. The zero-order valence-electron chi connectivity index (χ0n) is 20.9. The minimum Gasteiger partial charge on any atom is -0.356 e. The van der Waals surface area contributed by atoms with E-state index in [2.05, 4.69) is 52.1 Å². The summed E-state index contributed by atoms with van der Waals surface area (Å²) in [5.74, 6) is 1.52. The molecule has 1 N–H and O–H groups in total. The number of carbonyl (C=O) groups is 1. The molecule has 1 amide bonds. The van der Waals surface area contributed by atoms with Crippen LogP contribution in [0.5, 0.6) is 0 Å². The van der Waals surface area contributed by atoms with Gasteiger partial charge in [0.2, 0.25) is 5.91 Å². The van der Waals surface area contributed by atoms with Gasteiger partial charge in [0.05, 0.1) is 11.9 Å². The summed E-state index contributed by atoms with van der Waals surface area (Å²) in [6.07, 6.45) is 3.93. The highest BCUT2D eigenvalue weighted by Gasteiger charge is 2.17. The molecule has 0 saturated carbocycles. The minimum atomic E-state index is 0.0100. The Labute approximate surface area is 211 Å². The third-order valence-corrected chi connectivity index (χ3v) is 6.69. The highest BCUT2D eigenvalue weighted by molar-refractivity contribution is 7.98. The van der Waals surface area contributed by atoms with Crippen LogP contribution in [0.4, 0.5) is 0 Å². The molecule has 2 aromatic carbocycles. The third kappa shape index (κ3) is 5.90. The summed E-state index contributed by atoms with van der Waals surface area (Å²) in [5.41, 5.74) is 5.02. The lowest BCUT2D eigenvalue weighted by atomic mass is 9.92. The summed E-state index contributed by atoms with van der Waals surface area (Å²) < 4.78 is 2.20. The van der Waals surface area contributed by atoms with E-state index < -0.39 is 0 Å². The van der Waals surface area contributed by atoms with Gasteiger partial charge in [-0.3, -0.25) is 9.78 Å². The number of amides is 1. The molecule has 0 bridgehead atoms. The summed E-state index contributed by atoms with van der Waals surface area (Å²) in [4.78, 5) is 17.8. The largest absolute Gasteiger partial charge is 0.356 e. The van der Waals surface area contributed by atoms with Crippen LogP contribution in [0.15, 0.2) is 59.8 Å². The molecule has 4 rings (SSSR count). The van der Waals surface area contributed by atoms with Crippen LogP contribution in [0.25, 0.3) is 22.0 Å². The maximum Gasteiger partial charge on any atom is 0.224 e. The summed E-state index contributed by atoms with van der Waals surface area (Å²) in [5, 5.41) is 13.8. The Morgan fingerprint density at radius 2 is 1.80 bits per heavy atom. The number of para-hydroxylation sites is 1. The van der Waals surface area contributed by atoms with Gasteiger partial charge in [-0.2, -0.15) is 0 Å². The molecule has 182 valence electrons. The number of hydrogen-bond acceptors (Lipinski definition) is 5. The maximum atomic E-state index is 13.0. The number of hydrogen-bond donors (Lipinski definition) is 1. The van der Waals surface area contributed by atoms with E-state index in [1.54, 1.807) is 11.8 Å². The number of pyridine rings is 1. The fraction of sp³-hybridized carbons (Fsp3) is 0.357.